The molecule has 0 aliphatic rings. The Balaban J connectivity index is 1.82. The molecule has 1 N–H and O–H groups in total. The molecule has 0 radical (unpaired) electrons. The van der Waals surface area contributed by atoms with Crippen molar-refractivity contribution >= 4 is 22.9 Å². The number of hydrogen-bond acceptors (Lipinski definition) is 5. The van der Waals surface area contributed by atoms with Gasteiger partial charge in [0.25, 0.3) is 0 Å². The molecule has 1 aromatic carbocycles. The zero-order valence-electron chi connectivity index (χ0n) is 10.4. The fourth-order valence-electron chi connectivity index (χ4n) is 1.79. The van der Waals surface area contributed by atoms with Crippen molar-refractivity contribution in [3.05, 3.63) is 52.3 Å². The van der Waals surface area contributed by atoms with Gasteiger partial charge >= 0.3 is 0 Å². The summed E-state index contributed by atoms with van der Waals surface area (Å²) >= 11 is 7.70. The molecule has 20 heavy (non-hydrogen) atoms. The Morgan fingerprint density at radius 3 is 2.85 bits per heavy atom. The lowest BCUT2D eigenvalue weighted by Crippen LogP contribution is -2.00. The van der Waals surface area contributed by atoms with Crippen LogP contribution in [0.4, 0.5) is 0 Å². The molecule has 0 atom stereocenters. The summed E-state index contributed by atoms with van der Waals surface area (Å²) in [5.41, 5.74) is 2.37. The second-order valence-electron chi connectivity index (χ2n) is 4.19. The highest BCUT2D eigenvalue weighted by molar-refractivity contribution is 7.13. The number of halogens is 1. The molecule has 3 rings (SSSR count). The summed E-state index contributed by atoms with van der Waals surface area (Å²) in [5, 5.41) is 20.3. The van der Waals surface area contributed by atoms with Gasteiger partial charge in [-0.1, -0.05) is 35.0 Å². The van der Waals surface area contributed by atoms with Gasteiger partial charge in [0, 0.05) is 10.9 Å². The van der Waals surface area contributed by atoms with Gasteiger partial charge in [0.1, 0.15) is 10.7 Å². The first kappa shape index (κ1) is 13.2. The smallest absolute Gasteiger partial charge is 0.125 e. The number of thiazole rings is 1. The van der Waals surface area contributed by atoms with Crippen LogP contribution >= 0.6 is 22.9 Å². The summed E-state index contributed by atoms with van der Waals surface area (Å²) in [6, 6.07) is 7.63. The molecule has 3 aromatic rings. The minimum atomic E-state index is -0.109. The number of rotatable bonds is 4. The van der Waals surface area contributed by atoms with E-state index in [4.69, 9.17) is 16.7 Å². The predicted octanol–water partition coefficient (Wildman–Crippen LogP) is 2.60. The van der Waals surface area contributed by atoms with E-state index in [1.54, 1.807) is 22.2 Å². The van der Waals surface area contributed by atoms with Crippen LogP contribution in [0, 0.1) is 0 Å². The first-order valence-electron chi connectivity index (χ1n) is 5.95. The molecular weight excluding hydrogens is 296 g/mol. The Kier molecular flexibility index (Phi) is 3.77. The number of benzene rings is 1. The fourth-order valence-corrected chi connectivity index (χ4v) is 2.92. The highest BCUT2D eigenvalue weighted by atomic mass is 35.5. The highest BCUT2D eigenvalue weighted by Gasteiger charge is 2.09. The Morgan fingerprint density at radius 2 is 2.10 bits per heavy atom. The van der Waals surface area contributed by atoms with Gasteiger partial charge in [-0.05, 0) is 6.07 Å². The van der Waals surface area contributed by atoms with E-state index in [9.17, 15) is 0 Å². The van der Waals surface area contributed by atoms with E-state index in [-0.39, 0.29) is 6.61 Å². The van der Waals surface area contributed by atoms with Crippen LogP contribution in [-0.4, -0.2) is 25.1 Å². The Hall–Kier alpha value is -1.76. The SMILES string of the molecule is OCc1cn(Cc2csc(-c3ccccc3Cl)n2)nn1. The molecule has 0 bridgehead atoms. The molecule has 102 valence electrons. The van der Waals surface area contributed by atoms with E-state index >= 15 is 0 Å². The van der Waals surface area contributed by atoms with Crippen molar-refractivity contribution in [3.63, 3.8) is 0 Å². The summed E-state index contributed by atoms with van der Waals surface area (Å²) in [7, 11) is 0. The second kappa shape index (κ2) is 5.70. The van der Waals surface area contributed by atoms with Crippen molar-refractivity contribution in [3.8, 4) is 10.6 Å². The molecule has 7 heteroatoms. The maximum absolute atomic E-state index is 8.96. The van der Waals surface area contributed by atoms with Crippen molar-refractivity contribution in [2.24, 2.45) is 0 Å². The lowest BCUT2D eigenvalue weighted by Gasteiger charge is -1.99. The van der Waals surface area contributed by atoms with Gasteiger partial charge in [-0.15, -0.1) is 16.4 Å². The number of aromatic nitrogens is 4. The van der Waals surface area contributed by atoms with Crippen LogP contribution < -0.4 is 0 Å². The molecule has 0 saturated carbocycles. The Labute approximate surface area is 124 Å². The van der Waals surface area contributed by atoms with Crippen molar-refractivity contribution in [1.29, 1.82) is 0 Å². The molecule has 0 saturated heterocycles. The van der Waals surface area contributed by atoms with Crippen molar-refractivity contribution in [1.82, 2.24) is 20.0 Å². The first-order chi connectivity index (χ1) is 9.76. The van der Waals surface area contributed by atoms with Gasteiger partial charge in [0.2, 0.25) is 0 Å². The molecule has 2 aromatic heterocycles. The van der Waals surface area contributed by atoms with Gasteiger partial charge in [-0.3, -0.25) is 0 Å². The summed E-state index contributed by atoms with van der Waals surface area (Å²) in [6.45, 7) is 0.413. The van der Waals surface area contributed by atoms with Gasteiger partial charge in [0.05, 0.1) is 30.1 Å². The van der Waals surface area contributed by atoms with E-state index in [2.05, 4.69) is 15.3 Å². The zero-order chi connectivity index (χ0) is 13.9. The van der Waals surface area contributed by atoms with Gasteiger partial charge < -0.3 is 5.11 Å². The Morgan fingerprint density at radius 1 is 1.25 bits per heavy atom. The average Bonchev–Trinajstić information content (AvgIpc) is 3.09. The summed E-state index contributed by atoms with van der Waals surface area (Å²) in [5.74, 6) is 0. The standard InChI is InChI=1S/C13H11ClN4OS/c14-12-4-2-1-3-11(12)13-15-10(8-20-13)6-18-5-9(7-19)16-17-18/h1-5,8,19H,6-7H2. The normalized spacial score (nSPS) is 10.9. The molecule has 2 heterocycles. The van der Waals surface area contributed by atoms with E-state index in [1.165, 1.54) is 0 Å². The first-order valence-corrected chi connectivity index (χ1v) is 7.21. The topological polar surface area (TPSA) is 63.8 Å². The van der Waals surface area contributed by atoms with Crippen LogP contribution in [0.2, 0.25) is 5.02 Å². The third-order valence-corrected chi connectivity index (χ3v) is 3.98. The largest absolute Gasteiger partial charge is 0.390 e. The predicted molar refractivity (Wildman–Crippen MR) is 77.6 cm³/mol. The number of nitrogens with zero attached hydrogens (tertiary/aromatic N) is 4. The molecule has 0 unspecified atom stereocenters. The number of hydrogen-bond donors (Lipinski definition) is 1. The highest BCUT2D eigenvalue weighted by Crippen LogP contribution is 2.30. The van der Waals surface area contributed by atoms with E-state index in [1.807, 2.05) is 29.6 Å². The lowest BCUT2D eigenvalue weighted by molar-refractivity contribution is 0.276. The van der Waals surface area contributed by atoms with Crippen LogP contribution in [0.25, 0.3) is 10.6 Å². The summed E-state index contributed by atoms with van der Waals surface area (Å²) in [4.78, 5) is 4.55. The molecule has 0 spiro atoms. The molecule has 0 aliphatic heterocycles. The summed E-state index contributed by atoms with van der Waals surface area (Å²) in [6.07, 6.45) is 1.70. The monoisotopic (exact) mass is 306 g/mol. The van der Waals surface area contributed by atoms with Crippen LogP contribution in [0.1, 0.15) is 11.4 Å². The van der Waals surface area contributed by atoms with Crippen LogP contribution in [-0.2, 0) is 13.2 Å². The third kappa shape index (κ3) is 2.72. The van der Waals surface area contributed by atoms with Crippen LogP contribution in [0.5, 0.6) is 0 Å². The maximum Gasteiger partial charge on any atom is 0.125 e. The minimum Gasteiger partial charge on any atom is -0.390 e. The average molecular weight is 307 g/mol. The van der Waals surface area contributed by atoms with Crippen LogP contribution in [0.15, 0.2) is 35.8 Å². The Bertz CT molecular complexity index is 724. The maximum atomic E-state index is 8.96. The quantitative estimate of drug-likeness (QED) is 0.804. The molecule has 0 fully saturated rings. The van der Waals surface area contributed by atoms with Gasteiger partial charge in [0.15, 0.2) is 0 Å². The lowest BCUT2D eigenvalue weighted by atomic mass is 10.2. The number of aliphatic hydroxyl groups is 1. The minimum absolute atomic E-state index is 0.109. The molecule has 0 amide bonds. The second-order valence-corrected chi connectivity index (χ2v) is 5.45. The van der Waals surface area contributed by atoms with Gasteiger partial charge in [-0.25, -0.2) is 9.67 Å². The van der Waals surface area contributed by atoms with Crippen molar-refractivity contribution in [2.75, 3.05) is 0 Å². The summed E-state index contributed by atoms with van der Waals surface area (Å²) < 4.78 is 1.65. The van der Waals surface area contributed by atoms with Crippen molar-refractivity contribution < 1.29 is 5.11 Å². The molecule has 5 nitrogen and oxygen atoms in total. The number of aliphatic hydroxyl groups excluding tert-OH is 1. The van der Waals surface area contributed by atoms with Gasteiger partial charge in [-0.2, -0.15) is 0 Å². The van der Waals surface area contributed by atoms with Crippen LogP contribution in [0.3, 0.4) is 0 Å². The third-order valence-electron chi connectivity index (χ3n) is 2.73. The van der Waals surface area contributed by atoms with E-state index in [0.29, 0.717) is 17.3 Å². The van der Waals surface area contributed by atoms with E-state index in [0.717, 1.165) is 16.3 Å². The van der Waals surface area contributed by atoms with E-state index < -0.39 is 0 Å². The fraction of sp³-hybridized carbons (Fsp3) is 0.154. The molecular formula is C13H11ClN4OS. The zero-order valence-corrected chi connectivity index (χ0v) is 12.0. The van der Waals surface area contributed by atoms with Crippen molar-refractivity contribution in [2.45, 2.75) is 13.2 Å². The molecule has 0 aliphatic carbocycles.